The lowest BCUT2D eigenvalue weighted by Gasteiger charge is -2.31. The van der Waals surface area contributed by atoms with E-state index in [9.17, 15) is 53.4 Å². The van der Waals surface area contributed by atoms with Gasteiger partial charge in [0.25, 0.3) is 0 Å². The van der Waals surface area contributed by atoms with Crippen molar-refractivity contribution in [1.29, 1.82) is 0 Å². The Bertz CT molecular complexity index is 1230. The third-order valence-corrected chi connectivity index (χ3v) is 7.80. The number of aliphatic hydroxyl groups is 1. The van der Waals surface area contributed by atoms with E-state index in [1.165, 1.54) is 18.7 Å². The van der Waals surface area contributed by atoms with Crippen LogP contribution in [0.2, 0.25) is 0 Å². The summed E-state index contributed by atoms with van der Waals surface area (Å²) in [4.78, 5) is 112. The Morgan fingerprint density at radius 2 is 1.46 bits per heavy atom. The maximum atomic E-state index is 13.7. The molecule has 1 aliphatic heterocycles. The first kappa shape index (κ1) is 41.5. The highest BCUT2D eigenvalue weighted by molar-refractivity contribution is 7.98. The van der Waals surface area contributed by atoms with E-state index >= 15 is 0 Å². The molecule has 48 heavy (non-hydrogen) atoms. The van der Waals surface area contributed by atoms with Gasteiger partial charge >= 0.3 is 17.9 Å². The van der Waals surface area contributed by atoms with Crippen LogP contribution in [-0.2, 0) is 43.2 Å². The molecule has 1 fully saturated rings. The molecule has 7 atom stereocenters. The molecule has 0 aliphatic carbocycles. The fourth-order valence-electron chi connectivity index (χ4n) is 4.68. The quantitative estimate of drug-likeness (QED) is 0.0540. The summed E-state index contributed by atoms with van der Waals surface area (Å²) < 4.78 is 0. The number of nitrogens with one attached hydrogen (secondary N) is 4. The highest BCUT2D eigenvalue weighted by atomic mass is 32.2. The van der Waals surface area contributed by atoms with Crippen LogP contribution in [0.25, 0.3) is 0 Å². The number of carboxylic acid groups (broad SMARTS) is 3. The summed E-state index contributed by atoms with van der Waals surface area (Å²) in [6, 6.07) is -8.94. The summed E-state index contributed by atoms with van der Waals surface area (Å²) >= 11 is 1.33. The fourth-order valence-corrected chi connectivity index (χ4v) is 5.15. The third kappa shape index (κ3) is 13.7. The maximum Gasteiger partial charge on any atom is 0.326 e. The molecule has 21 heteroatoms. The first-order chi connectivity index (χ1) is 22.4. The van der Waals surface area contributed by atoms with E-state index in [1.54, 1.807) is 6.26 Å². The van der Waals surface area contributed by atoms with Crippen molar-refractivity contribution in [2.45, 2.75) is 94.2 Å². The van der Waals surface area contributed by atoms with Gasteiger partial charge in [0.1, 0.15) is 30.2 Å². The average Bonchev–Trinajstić information content (AvgIpc) is 3.48. The number of hydrogen-bond donors (Lipinski definition) is 10. The molecule has 0 bridgehead atoms. The predicted molar refractivity (Wildman–Crippen MR) is 166 cm³/mol. The second kappa shape index (κ2) is 20.0. The molecule has 0 aromatic carbocycles. The van der Waals surface area contributed by atoms with E-state index in [1.807, 2.05) is 5.32 Å². The van der Waals surface area contributed by atoms with E-state index in [2.05, 4.69) is 16.0 Å². The summed E-state index contributed by atoms with van der Waals surface area (Å²) in [5.74, 6) is -9.70. The molecule has 1 heterocycles. The molecule has 0 aromatic rings. The molecule has 0 radical (unpaired) electrons. The molecule has 1 saturated heterocycles. The molecule has 0 spiro atoms. The van der Waals surface area contributed by atoms with Crippen molar-refractivity contribution in [3.8, 4) is 0 Å². The summed E-state index contributed by atoms with van der Waals surface area (Å²) in [5, 5.41) is 46.5. The number of aliphatic carboxylic acids is 3. The number of nitrogens with zero attached hydrogens (tertiary/aromatic N) is 1. The molecule has 270 valence electrons. The lowest BCUT2D eigenvalue weighted by atomic mass is 10.1. The first-order valence-corrected chi connectivity index (χ1v) is 16.2. The van der Waals surface area contributed by atoms with E-state index < -0.39 is 121 Å². The highest BCUT2D eigenvalue weighted by Crippen LogP contribution is 2.20. The van der Waals surface area contributed by atoms with Gasteiger partial charge in [-0.15, -0.1) is 0 Å². The van der Waals surface area contributed by atoms with Crippen molar-refractivity contribution in [2.24, 2.45) is 11.5 Å². The summed E-state index contributed by atoms with van der Waals surface area (Å²) in [5.41, 5.74) is 10.6. The Kier molecular flexibility index (Phi) is 17.3. The molecule has 7 unspecified atom stereocenters. The van der Waals surface area contributed by atoms with Crippen molar-refractivity contribution in [1.82, 2.24) is 26.2 Å². The van der Waals surface area contributed by atoms with E-state index in [0.717, 1.165) is 4.90 Å². The number of amides is 6. The van der Waals surface area contributed by atoms with Crippen molar-refractivity contribution >= 4 is 65.1 Å². The van der Waals surface area contributed by atoms with Crippen LogP contribution in [0.1, 0.15) is 51.9 Å². The number of aliphatic hydroxyl groups excluding tert-OH is 1. The summed E-state index contributed by atoms with van der Waals surface area (Å²) in [6.07, 6.45) is -1.87. The minimum absolute atomic E-state index is 0.0505. The number of carboxylic acids is 3. The van der Waals surface area contributed by atoms with Gasteiger partial charge in [-0.1, -0.05) is 0 Å². The topological polar surface area (TPSA) is 338 Å². The normalized spacial score (nSPS) is 17.8. The average molecular weight is 706 g/mol. The van der Waals surface area contributed by atoms with E-state index in [0.29, 0.717) is 12.2 Å². The van der Waals surface area contributed by atoms with Gasteiger partial charge in [0, 0.05) is 13.0 Å². The Morgan fingerprint density at radius 3 is 1.98 bits per heavy atom. The molecule has 1 aliphatic rings. The van der Waals surface area contributed by atoms with Crippen LogP contribution in [-0.4, -0.2) is 140 Å². The number of nitrogens with two attached hydrogens (primary N) is 2. The molecule has 6 amide bonds. The number of likely N-dealkylation sites (tertiary alicyclic amines) is 1. The summed E-state index contributed by atoms with van der Waals surface area (Å²) in [7, 11) is 0. The Hall–Kier alpha value is -4.50. The van der Waals surface area contributed by atoms with E-state index in [-0.39, 0.29) is 19.4 Å². The van der Waals surface area contributed by atoms with Gasteiger partial charge in [-0.2, -0.15) is 11.8 Å². The zero-order chi connectivity index (χ0) is 36.7. The smallest absolute Gasteiger partial charge is 0.326 e. The predicted octanol–water partition coefficient (Wildman–Crippen LogP) is -4.32. The molecule has 12 N–H and O–H groups in total. The molecule has 1 rings (SSSR count). The number of carbonyl (C=O) groups excluding carboxylic acids is 6. The molecular weight excluding hydrogens is 662 g/mol. The maximum absolute atomic E-state index is 13.7. The number of thioether (sulfide) groups is 1. The van der Waals surface area contributed by atoms with Crippen LogP contribution in [0.15, 0.2) is 0 Å². The Labute approximate surface area is 279 Å². The van der Waals surface area contributed by atoms with Crippen molar-refractivity contribution in [3.63, 3.8) is 0 Å². The monoisotopic (exact) mass is 705 g/mol. The Morgan fingerprint density at radius 1 is 0.833 bits per heavy atom. The van der Waals surface area contributed by atoms with Crippen LogP contribution in [0.4, 0.5) is 0 Å². The number of carbonyl (C=O) groups is 9. The van der Waals surface area contributed by atoms with Gasteiger partial charge in [0.15, 0.2) is 0 Å². The summed E-state index contributed by atoms with van der Waals surface area (Å²) in [6.45, 7) is 1.23. The van der Waals surface area contributed by atoms with Crippen molar-refractivity contribution in [2.75, 3.05) is 18.6 Å². The molecule has 0 saturated carbocycles. The second-order valence-corrected chi connectivity index (χ2v) is 12.0. The SMILES string of the molecule is CSCCC(NC(=O)C(NC(=O)C(N)CC(=O)O)C(C)O)C(=O)N1CCCC1C(=O)NC(CCC(=O)O)C(=O)NC(CC(N)=O)C(=O)O. The van der Waals surface area contributed by atoms with Crippen LogP contribution in [0, 0.1) is 0 Å². The van der Waals surface area contributed by atoms with Gasteiger partial charge in [0.2, 0.25) is 35.4 Å². The molecule has 0 aromatic heterocycles. The zero-order valence-corrected chi connectivity index (χ0v) is 27.2. The lowest BCUT2D eigenvalue weighted by Crippen LogP contribution is -2.60. The highest BCUT2D eigenvalue weighted by Gasteiger charge is 2.40. The van der Waals surface area contributed by atoms with Crippen LogP contribution >= 0.6 is 11.8 Å². The second-order valence-electron chi connectivity index (χ2n) is 11.0. The van der Waals surface area contributed by atoms with Gasteiger partial charge in [-0.05, 0) is 44.6 Å². The lowest BCUT2D eigenvalue weighted by molar-refractivity contribution is -0.145. The fraction of sp³-hybridized carbons (Fsp3) is 0.667. The third-order valence-electron chi connectivity index (χ3n) is 7.16. The minimum atomic E-state index is -1.76. The first-order valence-electron chi connectivity index (χ1n) is 14.8. The number of primary amides is 1. The number of rotatable bonds is 21. The zero-order valence-electron chi connectivity index (χ0n) is 26.4. The van der Waals surface area contributed by atoms with Gasteiger partial charge in [-0.25, -0.2) is 4.79 Å². The molecule has 20 nitrogen and oxygen atoms in total. The van der Waals surface area contributed by atoms with Crippen LogP contribution in [0.3, 0.4) is 0 Å². The van der Waals surface area contributed by atoms with Crippen LogP contribution in [0.5, 0.6) is 0 Å². The minimum Gasteiger partial charge on any atom is -0.481 e. The van der Waals surface area contributed by atoms with Crippen molar-refractivity contribution < 1.29 is 63.6 Å². The van der Waals surface area contributed by atoms with Crippen LogP contribution < -0.4 is 32.7 Å². The van der Waals surface area contributed by atoms with Gasteiger partial charge in [0.05, 0.1) is 25.0 Å². The van der Waals surface area contributed by atoms with Gasteiger partial charge in [-0.3, -0.25) is 38.4 Å². The van der Waals surface area contributed by atoms with Gasteiger partial charge < -0.3 is 58.1 Å². The largest absolute Gasteiger partial charge is 0.481 e. The Balaban J connectivity index is 3.18. The molecular formula is C27H43N7O13S. The standard InChI is InChI=1S/C27H43N7O13S/c1-12(35)21(33-22(41)13(28)10-20(39)40)25(44)31-15(7-9-48-2)26(45)34-8-3-4-17(34)24(43)30-14(5-6-19(37)38)23(42)32-16(27(46)47)11-18(29)36/h12-17,21,35H,3-11,28H2,1-2H3,(H2,29,36)(H,30,43)(H,31,44)(H,32,42)(H,33,41)(H,37,38)(H,39,40)(H,46,47). The van der Waals surface area contributed by atoms with Crippen molar-refractivity contribution in [3.05, 3.63) is 0 Å². The number of hydrogen-bond acceptors (Lipinski definition) is 12. The van der Waals surface area contributed by atoms with E-state index in [4.69, 9.17) is 21.7 Å².